The summed E-state index contributed by atoms with van der Waals surface area (Å²) in [5.41, 5.74) is 0.554. The van der Waals surface area contributed by atoms with E-state index >= 15 is 0 Å². The number of benzene rings is 2. The molecule has 0 saturated heterocycles. The van der Waals surface area contributed by atoms with Crippen LogP contribution in [0.4, 0.5) is 4.79 Å². The number of hydrogen-bond donors (Lipinski definition) is 2. The van der Waals surface area contributed by atoms with E-state index in [1.807, 2.05) is 45.2 Å². The number of para-hydroxylation sites is 1. The molecule has 0 heterocycles. The molecule has 0 unspecified atom stereocenters. The molecule has 0 aliphatic heterocycles. The number of carboxylic acid groups (broad SMARTS) is 1. The Morgan fingerprint density at radius 1 is 1.09 bits per heavy atom. The van der Waals surface area contributed by atoms with Crippen molar-refractivity contribution in [3.8, 4) is 11.5 Å². The zero-order chi connectivity index (χ0) is 17.0. The number of ether oxygens (including phenoxy) is 2. The second-order valence-corrected chi connectivity index (χ2v) is 6.67. The van der Waals surface area contributed by atoms with Crippen molar-refractivity contribution < 1.29 is 29.3 Å². The quantitative estimate of drug-likeness (QED) is 0.346. The first-order chi connectivity index (χ1) is 10.9. The van der Waals surface area contributed by atoms with Crippen LogP contribution in [-0.2, 0) is 11.3 Å². The fourth-order valence-electron chi connectivity index (χ4n) is 1.70. The van der Waals surface area contributed by atoms with E-state index in [4.69, 9.17) is 14.6 Å². The first-order valence-corrected chi connectivity index (χ1v) is 8.38. The van der Waals surface area contributed by atoms with Crippen LogP contribution in [0.25, 0.3) is 0 Å². The van der Waals surface area contributed by atoms with Crippen LogP contribution in [0.2, 0.25) is 0 Å². The number of carboxylic acids is 1. The van der Waals surface area contributed by atoms with Crippen LogP contribution in [0.1, 0.15) is 15.9 Å². The van der Waals surface area contributed by atoms with Gasteiger partial charge >= 0.3 is 12.1 Å². The number of rotatable bonds is 4. The molecule has 0 radical (unpaired) electrons. The molecule has 0 saturated carbocycles. The van der Waals surface area contributed by atoms with E-state index in [1.54, 1.807) is 18.2 Å². The molecular weight excluding hydrogens is 530 g/mol. The number of aromatic hydroxyl groups is 1. The first kappa shape index (κ1) is 17.8. The number of halogens is 2. The predicted molar refractivity (Wildman–Crippen MR) is 97.8 cm³/mol. The van der Waals surface area contributed by atoms with Crippen molar-refractivity contribution in [2.45, 2.75) is 6.61 Å². The minimum absolute atomic E-state index is 0.0552. The Labute approximate surface area is 158 Å². The molecule has 23 heavy (non-hydrogen) atoms. The van der Waals surface area contributed by atoms with Gasteiger partial charge in [0.2, 0.25) is 0 Å². The lowest BCUT2D eigenvalue weighted by Crippen LogP contribution is -2.13. The van der Waals surface area contributed by atoms with Crippen molar-refractivity contribution in [1.29, 1.82) is 0 Å². The highest BCUT2D eigenvalue weighted by Gasteiger charge is 2.15. The Hall–Kier alpha value is -1.56. The third-order valence-corrected chi connectivity index (χ3v) is 4.39. The van der Waals surface area contributed by atoms with Crippen LogP contribution in [0.5, 0.6) is 11.5 Å². The second kappa shape index (κ2) is 7.81. The van der Waals surface area contributed by atoms with Gasteiger partial charge in [-0.15, -0.1) is 0 Å². The summed E-state index contributed by atoms with van der Waals surface area (Å²) < 4.78 is 11.2. The molecule has 2 N–H and O–H groups in total. The summed E-state index contributed by atoms with van der Waals surface area (Å²) in [6.07, 6.45) is -1.00. The third kappa shape index (κ3) is 4.70. The van der Waals surface area contributed by atoms with E-state index < -0.39 is 12.1 Å². The van der Waals surface area contributed by atoms with Crippen LogP contribution in [0, 0.1) is 7.14 Å². The molecule has 8 heteroatoms. The van der Waals surface area contributed by atoms with Gasteiger partial charge in [0.05, 0.1) is 7.14 Å². The number of phenols is 1. The predicted octanol–water partition coefficient (Wildman–Crippen LogP) is 4.02. The highest BCUT2D eigenvalue weighted by atomic mass is 127. The minimum atomic E-state index is -1.20. The standard InChI is InChI=1S/C15H10I2O6/c16-10-5-8(6-11(17)13(10)18)7-22-15(21)23-12-4-2-1-3-9(12)14(19)20/h1-6,18H,7H2,(H,19,20). The normalized spacial score (nSPS) is 10.2. The van der Waals surface area contributed by atoms with Gasteiger partial charge in [0, 0.05) is 0 Å². The highest BCUT2D eigenvalue weighted by Crippen LogP contribution is 2.27. The molecule has 0 aliphatic carbocycles. The van der Waals surface area contributed by atoms with Crippen LogP contribution in [0.15, 0.2) is 36.4 Å². The zero-order valence-electron chi connectivity index (χ0n) is 11.5. The van der Waals surface area contributed by atoms with Gasteiger partial charge in [-0.3, -0.25) is 0 Å². The Kier molecular flexibility index (Phi) is 6.04. The third-order valence-electron chi connectivity index (χ3n) is 2.74. The summed E-state index contributed by atoms with van der Waals surface area (Å²) in [5, 5.41) is 18.7. The number of phenolic OH excluding ortho intramolecular Hbond substituents is 1. The first-order valence-electron chi connectivity index (χ1n) is 6.22. The lowest BCUT2D eigenvalue weighted by molar-refractivity contribution is 0.0688. The summed E-state index contributed by atoms with van der Waals surface area (Å²) in [6.45, 7) is -0.0552. The topological polar surface area (TPSA) is 93.1 Å². The van der Waals surface area contributed by atoms with Gasteiger partial charge < -0.3 is 19.7 Å². The van der Waals surface area contributed by atoms with Crippen LogP contribution < -0.4 is 4.74 Å². The average Bonchev–Trinajstić information content (AvgIpc) is 2.50. The molecule has 0 spiro atoms. The molecule has 0 aromatic heterocycles. The number of aromatic carboxylic acids is 1. The number of carbonyl (C=O) groups excluding carboxylic acids is 1. The highest BCUT2D eigenvalue weighted by molar-refractivity contribution is 14.1. The summed E-state index contributed by atoms with van der Waals surface area (Å²) in [4.78, 5) is 22.7. The second-order valence-electron chi connectivity index (χ2n) is 4.35. The number of carbonyl (C=O) groups is 2. The van der Waals surface area contributed by atoms with Crippen LogP contribution in [-0.4, -0.2) is 22.3 Å². The van der Waals surface area contributed by atoms with E-state index in [2.05, 4.69) is 0 Å². The summed E-state index contributed by atoms with van der Waals surface area (Å²) in [7, 11) is 0. The van der Waals surface area contributed by atoms with Gasteiger partial charge in [-0.1, -0.05) is 12.1 Å². The molecule has 0 fully saturated rings. The molecule has 2 aromatic carbocycles. The molecule has 0 aliphatic rings. The van der Waals surface area contributed by atoms with E-state index in [0.29, 0.717) is 12.7 Å². The molecule has 120 valence electrons. The maximum atomic E-state index is 11.7. The minimum Gasteiger partial charge on any atom is -0.506 e. The molecule has 0 bridgehead atoms. The zero-order valence-corrected chi connectivity index (χ0v) is 15.8. The molecule has 2 rings (SSSR count). The largest absolute Gasteiger partial charge is 0.514 e. The van der Waals surface area contributed by atoms with E-state index in [9.17, 15) is 14.7 Å². The van der Waals surface area contributed by atoms with E-state index in [1.165, 1.54) is 18.2 Å². The van der Waals surface area contributed by atoms with Crippen molar-refractivity contribution in [3.63, 3.8) is 0 Å². The van der Waals surface area contributed by atoms with Gasteiger partial charge in [0.25, 0.3) is 0 Å². The van der Waals surface area contributed by atoms with Gasteiger partial charge in [-0.2, -0.15) is 0 Å². The SMILES string of the molecule is O=C(OCc1cc(I)c(O)c(I)c1)Oc1ccccc1C(=O)O. The van der Waals surface area contributed by atoms with Gasteiger partial charge in [-0.25, -0.2) is 9.59 Å². The van der Waals surface area contributed by atoms with E-state index in [-0.39, 0.29) is 23.7 Å². The van der Waals surface area contributed by atoms with E-state index in [0.717, 1.165) is 0 Å². The molecule has 6 nitrogen and oxygen atoms in total. The van der Waals surface area contributed by atoms with Crippen molar-refractivity contribution >= 4 is 57.3 Å². The van der Waals surface area contributed by atoms with Gasteiger partial charge in [0.15, 0.2) is 0 Å². The number of hydrogen-bond acceptors (Lipinski definition) is 5. The Balaban J connectivity index is 2.03. The molecule has 0 amide bonds. The van der Waals surface area contributed by atoms with Crippen molar-refractivity contribution in [3.05, 3.63) is 54.7 Å². The summed E-state index contributed by atoms with van der Waals surface area (Å²) in [5.74, 6) is -1.11. The molecular formula is C15H10I2O6. The molecule has 2 aromatic rings. The maximum absolute atomic E-state index is 11.7. The van der Waals surface area contributed by atoms with Crippen molar-refractivity contribution in [1.82, 2.24) is 0 Å². The Morgan fingerprint density at radius 3 is 2.30 bits per heavy atom. The van der Waals surface area contributed by atoms with Crippen molar-refractivity contribution in [2.24, 2.45) is 0 Å². The summed E-state index contributed by atoms with van der Waals surface area (Å²) >= 11 is 3.94. The van der Waals surface area contributed by atoms with Crippen LogP contribution >= 0.6 is 45.2 Å². The van der Waals surface area contributed by atoms with Gasteiger partial charge in [0.1, 0.15) is 23.7 Å². The van der Waals surface area contributed by atoms with Crippen molar-refractivity contribution in [2.75, 3.05) is 0 Å². The summed E-state index contributed by atoms with van der Waals surface area (Å²) in [6, 6.07) is 9.14. The Bertz CT molecular complexity index is 736. The maximum Gasteiger partial charge on any atom is 0.514 e. The lowest BCUT2D eigenvalue weighted by atomic mass is 10.2. The fourth-order valence-corrected chi connectivity index (χ4v) is 3.59. The van der Waals surface area contributed by atoms with Gasteiger partial charge in [-0.05, 0) is 75.0 Å². The smallest absolute Gasteiger partial charge is 0.506 e. The van der Waals surface area contributed by atoms with Crippen LogP contribution in [0.3, 0.4) is 0 Å². The Morgan fingerprint density at radius 2 is 1.70 bits per heavy atom. The lowest BCUT2D eigenvalue weighted by Gasteiger charge is -2.09. The monoisotopic (exact) mass is 540 g/mol. The fraction of sp³-hybridized carbons (Fsp3) is 0.0667. The molecule has 0 atom stereocenters. The average molecular weight is 540 g/mol.